The van der Waals surface area contributed by atoms with Gasteiger partial charge in [0.15, 0.2) is 0 Å². The number of carboxylic acid groups (broad SMARTS) is 1. The van der Waals surface area contributed by atoms with Crippen molar-refractivity contribution < 1.29 is 39.3 Å². The first-order valence-corrected chi connectivity index (χ1v) is 11.7. The van der Waals surface area contributed by atoms with Crippen LogP contribution in [0.2, 0.25) is 0 Å². The Morgan fingerprint density at radius 1 is 0.838 bits per heavy atom. The molecule has 14 nitrogen and oxygen atoms in total. The van der Waals surface area contributed by atoms with Gasteiger partial charge >= 0.3 is 5.97 Å². The van der Waals surface area contributed by atoms with Crippen LogP contribution in [-0.2, 0) is 30.4 Å². The number of carbonyl (C=O) groups excluding carboxylic acids is 4. The lowest BCUT2D eigenvalue weighted by atomic mass is 10.0. The fraction of sp³-hybridized carbons (Fsp3) is 0.522. The fourth-order valence-corrected chi connectivity index (χ4v) is 3.30. The number of aliphatic hydroxyl groups excluding tert-OH is 1. The Morgan fingerprint density at radius 2 is 1.41 bits per heavy atom. The molecule has 1 rings (SSSR count). The Hall–Kier alpha value is -3.75. The van der Waals surface area contributed by atoms with Crippen molar-refractivity contribution in [1.82, 2.24) is 16.0 Å². The van der Waals surface area contributed by atoms with Gasteiger partial charge < -0.3 is 48.5 Å². The Kier molecular flexibility index (Phi) is 13.6. The Bertz CT molecular complexity index is 926. The van der Waals surface area contributed by atoms with Crippen LogP contribution in [0.4, 0.5) is 0 Å². The molecule has 0 fully saturated rings. The number of hydrogen-bond acceptors (Lipinski definition) is 9. The first kappa shape index (κ1) is 31.3. The maximum absolute atomic E-state index is 12.8. The summed E-state index contributed by atoms with van der Waals surface area (Å²) >= 11 is 0. The number of amides is 4. The number of unbranched alkanes of at least 4 members (excludes halogenated alkanes) is 1. The lowest BCUT2D eigenvalue weighted by molar-refractivity contribution is -0.142. The lowest BCUT2D eigenvalue weighted by Gasteiger charge is -2.24. The highest BCUT2D eigenvalue weighted by atomic mass is 16.4. The largest absolute Gasteiger partial charge is 0.508 e. The third-order valence-corrected chi connectivity index (χ3v) is 5.42. The first-order chi connectivity index (χ1) is 17.5. The normalized spacial score (nSPS) is 14.0. The summed E-state index contributed by atoms with van der Waals surface area (Å²) in [7, 11) is 0. The summed E-state index contributed by atoms with van der Waals surface area (Å²) in [5.74, 6) is -4.57. The summed E-state index contributed by atoms with van der Waals surface area (Å²) in [6, 6.07) is 0.806. The quantitative estimate of drug-likeness (QED) is 0.0944. The molecular formula is C23H36N6O8. The number of aliphatic carboxylic acids is 1. The number of primary amides is 1. The van der Waals surface area contributed by atoms with Gasteiger partial charge in [-0.1, -0.05) is 12.1 Å². The molecule has 0 aliphatic carbocycles. The molecule has 0 saturated heterocycles. The van der Waals surface area contributed by atoms with Crippen LogP contribution >= 0.6 is 0 Å². The zero-order valence-corrected chi connectivity index (χ0v) is 20.4. The Labute approximate surface area is 213 Å². The molecule has 4 atom stereocenters. The van der Waals surface area contributed by atoms with Crippen molar-refractivity contribution in [3.05, 3.63) is 29.8 Å². The van der Waals surface area contributed by atoms with Crippen LogP contribution in [0, 0.1) is 0 Å². The molecule has 1 aromatic rings. The van der Waals surface area contributed by atoms with Gasteiger partial charge in [0.05, 0.1) is 12.6 Å². The highest BCUT2D eigenvalue weighted by molar-refractivity contribution is 5.94. The number of aliphatic hydroxyl groups is 1. The third-order valence-electron chi connectivity index (χ3n) is 5.42. The molecule has 1 aromatic carbocycles. The summed E-state index contributed by atoms with van der Waals surface area (Å²) in [5.41, 5.74) is 17.1. The summed E-state index contributed by atoms with van der Waals surface area (Å²) in [6.45, 7) is -0.504. The highest BCUT2D eigenvalue weighted by Crippen LogP contribution is 2.11. The predicted molar refractivity (Wildman–Crippen MR) is 132 cm³/mol. The lowest BCUT2D eigenvalue weighted by Crippen LogP contribution is -2.58. The number of hydrogen-bond donors (Lipinski definition) is 9. The zero-order chi connectivity index (χ0) is 28.0. The monoisotopic (exact) mass is 524 g/mol. The van der Waals surface area contributed by atoms with Crippen molar-refractivity contribution in [3.8, 4) is 5.75 Å². The van der Waals surface area contributed by atoms with Crippen molar-refractivity contribution in [2.75, 3.05) is 13.2 Å². The number of nitrogens with one attached hydrogen (secondary N) is 3. The predicted octanol–water partition coefficient (Wildman–Crippen LogP) is -2.81. The van der Waals surface area contributed by atoms with Gasteiger partial charge in [-0.05, 0) is 56.3 Å². The molecule has 0 saturated carbocycles. The van der Waals surface area contributed by atoms with Crippen molar-refractivity contribution >= 4 is 29.6 Å². The fourth-order valence-electron chi connectivity index (χ4n) is 3.30. The minimum Gasteiger partial charge on any atom is -0.508 e. The second kappa shape index (κ2) is 16.1. The second-order valence-electron chi connectivity index (χ2n) is 8.47. The molecule has 0 bridgehead atoms. The molecule has 0 aliphatic heterocycles. The number of rotatable bonds is 17. The van der Waals surface area contributed by atoms with Gasteiger partial charge in [-0.2, -0.15) is 0 Å². The van der Waals surface area contributed by atoms with Gasteiger partial charge in [0.2, 0.25) is 23.6 Å². The van der Waals surface area contributed by atoms with E-state index in [0.29, 0.717) is 24.9 Å². The first-order valence-electron chi connectivity index (χ1n) is 11.7. The maximum atomic E-state index is 12.8. The molecule has 0 spiro atoms. The van der Waals surface area contributed by atoms with E-state index in [4.69, 9.17) is 17.2 Å². The van der Waals surface area contributed by atoms with Crippen LogP contribution in [0.5, 0.6) is 5.75 Å². The van der Waals surface area contributed by atoms with E-state index in [1.165, 1.54) is 12.1 Å². The molecule has 37 heavy (non-hydrogen) atoms. The average Bonchev–Trinajstić information content (AvgIpc) is 2.85. The van der Waals surface area contributed by atoms with Gasteiger partial charge in [0, 0.05) is 6.42 Å². The van der Waals surface area contributed by atoms with E-state index in [0.717, 1.165) is 0 Å². The molecule has 0 radical (unpaired) electrons. The smallest absolute Gasteiger partial charge is 0.326 e. The molecule has 4 unspecified atom stereocenters. The van der Waals surface area contributed by atoms with Crippen molar-refractivity contribution in [2.45, 2.75) is 62.7 Å². The molecule has 14 heteroatoms. The Balaban J connectivity index is 2.86. The molecular weight excluding hydrogens is 488 g/mol. The molecule has 4 amide bonds. The van der Waals surface area contributed by atoms with Gasteiger partial charge in [-0.25, -0.2) is 4.79 Å². The van der Waals surface area contributed by atoms with Crippen LogP contribution in [0.15, 0.2) is 24.3 Å². The number of benzene rings is 1. The molecule has 0 aliphatic rings. The van der Waals surface area contributed by atoms with E-state index in [1.807, 2.05) is 0 Å². The van der Waals surface area contributed by atoms with Crippen molar-refractivity contribution in [2.24, 2.45) is 17.2 Å². The molecule has 0 heterocycles. The standard InChI is InChI=1S/C23H36N6O8/c24-10-2-1-3-17(23(36)37)28-22(35)18(12-30)29-21(34)16(8-9-19(26)32)27-20(33)15(25)11-13-4-6-14(31)7-5-13/h4-7,15-18,30-31H,1-3,8-12,24-25H2,(H2,26,32)(H,27,33)(H,28,35)(H,29,34)(H,36,37). The maximum Gasteiger partial charge on any atom is 0.326 e. The SMILES string of the molecule is NCCCCC(NC(=O)C(CO)NC(=O)C(CCC(N)=O)NC(=O)C(N)Cc1ccc(O)cc1)C(=O)O. The summed E-state index contributed by atoms with van der Waals surface area (Å²) < 4.78 is 0. The van der Waals surface area contributed by atoms with Crippen LogP contribution < -0.4 is 33.2 Å². The number of phenolic OH excluding ortho intramolecular Hbond substituents is 1. The van der Waals surface area contributed by atoms with Gasteiger partial charge in [-0.3, -0.25) is 19.2 Å². The Morgan fingerprint density at radius 3 is 1.95 bits per heavy atom. The van der Waals surface area contributed by atoms with Crippen molar-refractivity contribution in [3.63, 3.8) is 0 Å². The average molecular weight is 525 g/mol. The zero-order valence-electron chi connectivity index (χ0n) is 20.4. The highest BCUT2D eigenvalue weighted by Gasteiger charge is 2.30. The molecule has 12 N–H and O–H groups in total. The number of nitrogens with two attached hydrogens (primary N) is 3. The number of carboxylic acids is 1. The number of aromatic hydroxyl groups is 1. The second-order valence-corrected chi connectivity index (χ2v) is 8.47. The number of phenols is 1. The summed E-state index contributed by atoms with van der Waals surface area (Å²) in [4.78, 5) is 60.7. The topological polar surface area (TPSA) is 260 Å². The third kappa shape index (κ3) is 11.7. The van der Waals surface area contributed by atoms with E-state index in [2.05, 4.69) is 16.0 Å². The summed E-state index contributed by atoms with van der Waals surface area (Å²) in [6.07, 6.45) is 0.684. The minimum atomic E-state index is -1.53. The van der Waals surface area contributed by atoms with E-state index in [9.17, 15) is 39.3 Å². The van der Waals surface area contributed by atoms with Crippen LogP contribution in [-0.4, -0.2) is 82.2 Å². The van der Waals surface area contributed by atoms with Gasteiger partial charge in [0.1, 0.15) is 23.9 Å². The summed E-state index contributed by atoms with van der Waals surface area (Å²) in [5, 5.41) is 35.2. The van der Waals surface area contributed by atoms with Crippen LogP contribution in [0.25, 0.3) is 0 Å². The molecule has 0 aromatic heterocycles. The van der Waals surface area contributed by atoms with Crippen LogP contribution in [0.1, 0.15) is 37.7 Å². The van der Waals surface area contributed by atoms with E-state index in [-0.39, 0.29) is 31.4 Å². The minimum absolute atomic E-state index is 0.0395. The van der Waals surface area contributed by atoms with Crippen molar-refractivity contribution in [1.29, 1.82) is 0 Å². The number of carbonyl (C=O) groups is 5. The van der Waals surface area contributed by atoms with E-state index < -0.39 is 60.4 Å². The van der Waals surface area contributed by atoms with Gasteiger partial charge in [-0.15, -0.1) is 0 Å². The van der Waals surface area contributed by atoms with E-state index in [1.54, 1.807) is 12.1 Å². The van der Waals surface area contributed by atoms with E-state index >= 15 is 0 Å². The van der Waals surface area contributed by atoms with Gasteiger partial charge in [0.25, 0.3) is 0 Å². The molecule has 206 valence electrons. The van der Waals surface area contributed by atoms with Crippen LogP contribution in [0.3, 0.4) is 0 Å².